The number of carbonyl (C=O) groups excluding carboxylic acids is 1. The second kappa shape index (κ2) is 6.79. The van der Waals surface area contributed by atoms with Crippen molar-refractivity contribution in [2.24, 2.45) is 0 Å². The van der Waals surface area contributed by atoms with Crippen molar-refractivity contribution in [1.82, 2.24) is 4.90 Å². The van der Waals surface area contributed by atoms with Gasteiger partial charge in [0.25, 0.3) is 5.91 Å². The van der Waals surface area contributed by atoms with E-state index in [4.69, 9.17) is 23.2 Å². The Labute approximate surface area is 129 Å². The molecule has 0 radical (unpaired) electrons. The number of amides is 1. The van der Waals surface area contributed by atoms with E-state index >= 15 is 0 Å². The van der Waals surface area contributed by atoms with Crippen LogP contribution in [0.1, 0.15) is 43.0 Å². The van der Waals surface area contributed by atoms with Crippen molar-refractivity contribution in [2.45, 2.75) is 44.8 Å². The van der Waals surface area contributed by atoms with Crippen LogP contribution in [0, 0.1) is 0 Å². The number of aliphatic hydroxyl groups excluding tert-OH is 1. The molecule has 110 valence electrons. The number of carbonyl (C=O) groups is 1. The maximum atomic E-state index is 12.6. The fraction of sp³-hybridized carbons (Fsp3) is 0.533. The lowest BCUT2D eigenvalue weighted by molar-refractivity contribution is 0.0515. The Morgan fingerprint density at radius 1 is 1.45 bits per heavy atom. The molecule has 0 bridgehead atoms. The van der Waals surface area contributed by atoms with Crippen LogP contribution in [0.3, 0.4) is 0 Å². The standard InChI is InChI=1S/C15H19Cl2NO2/c1-10(19)8-12-4-2-3-7-18(12)15(20)13-6-5-11(16)9-14(13)17/h5-6,9-10,12,19H,2-4,7-8H2,1H3. The van der Waals surface area contributed by atoms with Gasteiger partial charge in [-0.25, -0.2) is 0 Å². The van der Waals surface area contributed by atoms with Crippen LogP contribution in [0.4, 0.5) is 0 Å². The van der Waals surface area contributed by atoms with Crippen molar-refractivity contribution in [1.29, 1.82) is 0 Å². The van der Waals surface area contributed by atoms with E-state index in [0.29, 0.717) is 22.0 Å². The van der Waals surface area contributed by atoms with Gasteiger partial charge in [0, 0.05) is 17.6 Å². The van der Waals surface area contributed by atoms with Crippen molar-refractivity contribution in [3.8, 4) is 0 Å². The summed E-state index contributed by atoms with van der Waals surface area (Å²) in [5.41, 5.74) is 0.480. The van der Waals surface area contributed by atoms with Gasteiger partial charge in [-0.3, -0.25) is 4.79 Å². The molecule has 0 aliphatic carbocycles. The van der Waals surface area contributed by atoms with E-state index in [2.05, 4.69) is 0 Å². The lowest BCUT2D eigenvalue weighted by atomic mass is 9.96. The second-order valence-corrected chi connectivity index (χ2v) is 6.20. The molecule has 0 aromatic heterocycles. The number of aliphatic hydroxyl groups is 1. The summed E-state index contributed by atoms with van der Waals surface area (Å²) in [6, 6.07) is 5.02. The number of halogens is 2. The Hall–Kier alpha value is -0.770. The van der Waals surface area contributed by atoms with Crippen LogP contribution in [-0.2, 0) is 0 Å². The van der Waals surface area contributed by atoms with E-state index in [9.17, 15) is 9.90 Å². The molecule has 1 aromatic carbocycles. The minimum atomic E-state index is -0.408. The first-order chi connectivity index (χ1) is 9.49. The van der Waals surface area contributed by atoms with E-state index in [1.54, 1.807) is 25.1 Å². The summed E-state index contributed by atoms with van der Waals surface area (Å²) < 4.78 is 0. The molecule has 0 saturated carbocycles. The van der Waals surface area contributed by atoms with Crippen LogP contribution in [0.2, 0.25) is 10.0 Å². The van der Waals surface area contributed by atoms with Gasteiger partial charge in [0.1, 0.15) is 0 Å². The normalized spacial score (nSPS) is 20.8. The highest BCUT2D eigenvalue weighted by atomic mass is 35.5. The van der Waals surface area contributed by atoms with Crippen molar-refractivity contribution in [3.63, 3.8) is 0 Å². The summed E-state index contributed by atoms with van der Waals surface area (Å²) in [6.45, 7) is 2.47. The average molecular weight is 316 g/mol. The number of benzene rings is 1. The second-order valence-electron chi connectivity index (χ2n) is 5.36. The van der Waals surface area contributed by atoms with Crippen molar-refractivity contribution >= 4 is 29.1 Å². The van der Waals surface area contributed by atoms with Gasteiger partial charge in [-0.05, 0) is 50.8 Å². The maximum absolute atomic E-state index is 12.6. The summed E-state index contributed by atoms with van der Waals surface area (Å²) in [6.07, 6.45) is 3.22. The molecule has 5 heteroatoms. The molecule has 2 atom stereocenters. The highest BCUT2D eigenvalue weighted by Crippen LogP contribution is 2.27. The molecule has 3 nitrogen and oxygen atoms in total. The third kappa shape index (κ3) is 3.66. The monoisotopic (exact) mass is 315 g/mol. The Bertz CT molecular complexity index is 491. The van der Waals surface area contributed by atoms with Gasteiger partial charge in [-0.2, -0.15) is 0 Å². The summed E-state index contributed by atoms with van der Waals surface area (Å²) >= 11 is 12.0. The van der Waals surface area contributed by atoms with Crippen LogP contribution in [0.15, 0.2) is 18.2 Å². The molecule has 2 rings (SSSR count). The molecule has 1 fully saturated rings. The molecule has 1 aromatic rings. The smallest absolute Gasteiger partial charge is 0.255 e. The molecule has 1 saturated heterocycles. The zero-order valence-corrected chi connectivity index (χ0v) is 13.0. The molecule has 0 spiro atoms. The molecular weight excluding hydrogens is 297 g/mol. The first-order valence-corrected chi connectivity index (χ1v) is 7.68. The molecular formula is C15H19Cl2NO2. The summed E-state index contributed by atoms with van der Waals surface area (Å²) in [5.74, 6) is -0.0722. The molecule has 20 heavy (non-hydrogen) atoms. The Morgan fingerprint density at radius 3 is 2.85 bits per heavy atom. The number of rotatable bonds is 3. The molecule has 1 aliphatic heterocycles. The number of piperidine rings is 1. The van der Waals surface area contributed by atoms with Crippen LogP contribution in [0.25, 0.3) is 0 Å². The highest BCUT2D eigenvalue weighted by molar-refractivity contribution is 6.36. The number of hydrogen-bond acceptors (Lipinski definition) is 2. The highest BCUT2D eigenvalue weighted by Gasteiger charge is 2.29. The fourth-order valence-electron chi connectivity index (χ4n) is 2.72. The Balaban J connectivity index is 2.20. The number of hydrogen-bond donors (Lipinski definition) is 1. The molecule has 1 aliphatic rings. The zero-order chi connectivity index (χ0) is 14.7. The van der Waals surface area contributed by atoms with Crippen LogP contribution >= 0.6 is 23.2 Å². The lowest BCUT2D eigenvalue weighted by Gasteiger charge is -2.36. The van der Waals surface area contributed by atoms with Gasteiger partial charge in [0.05, 0.1) is 16.7 Å². The van der Waals surface area contributed by atoms with Gasteiger partial charge >= 0.3 is 0 Å². The van der Waals surface area contributed by atoms with Gasteiger partial charge in [-0.15, -0.1) is 0 Å². The largest absolute Gasteiger partial charge is 0.393 e. The van der Waals surface area contributed by atoms with E-state index < -0.39 is 6.10 Å². The summed E-state index contributed by atoms with van der Waals surface area (Å²) in [5, 5.41) is 10.5. The average Bonchev–Trinajstić information content (AvgIpc) is 2.38. The number of nitrogens with zero attached hydrogens (tertiary/aromatic N) is 1. The molecule has 1 amide bonds. The minimum absolute atomic E-state index is 0.0722. The van der Waals surface area contributed by atoms with Crippen molar-refractivity contribution < 1.29 is 9.90 Å². The minimum Gasteiger partial charge on any atom is -0.393 e. The topological polar surface area (TPSA) is 40.5 Å². The van der Waals surface area contributed by atoms with E-state index in [1.165, 1.54) is 0 Å². The van der Waals surface area contributed by atoms with Crippen molar-refractivity contribution in [3.05, 3.63) is 33.8 Å². The van der Waals surface area contributed by atoms with Gasteiger partial charge in [0.2, 0.25) is 0 Å². The third-order valence-electron chi connectivity index (χ3n) is 3.66. The predicted octanol–water partition coefficient (Wildman–Crippen LogP) is 3.76. The maximum Gasteiger partial charge on any atom is 0.255 e. The summed E-state index contributed by atoms with van der Waals surface area (Å²) in [4.78, 5) is 14.5. The predicted molar refractivity (Wildman–Crippen MR) is 81.4 cm³/mol. The first kappa shape index (κ1) is 15.6. The Kier molecular flexibility index (Phi) is 5.30. The zero-order valence-electron chi connectivity index (χ0n) is 11.5. The van der Waals surface area contributed by atoms with Gasteiger partial charge in [0.15, 0.2) is 0 Å². The molecule has 1 heterocycles. The summed E-state index contributed by atoms with van der Waals surface area (Å²) in [7, 11) is 0. The van der Waals surface area contributed by atoms with Gasteiger partial charge < -0.3 is 10.0 Å². The third-order valence-corrected chi connectivity index (χ3v) is 4.21. The van der Waals surface area contributed by atoms with Crippen molar-refractivity contribution in [2.75, 3.05) is 6.54 Å². The SMILES string of the molecule is CC(O)CC1CCCCN1C(=O)c1ccc(Cl)cc1Cl. The molecule has 1 N–H and O–H groups in total. The molecule has 2 unspecified atom stereocenters. The van der Waals surface area contributed by atoms with Crippen LogP contribution in [0.5, 0.6) is 0 Å². The fourth-order valence-corrected chi connectivity index (χ4v) is 3.21. The quantitative estimate of drug-likeness (QED) is 0.922. The van der Waals surface area contributed by atoms with Gasteiger partial charge in [-0.1, -0.05) is 23.2 Å². The first-order valence-electron chi connectivity index (χ1n) is 6.93. The van der Waals surface area contributed by atoms with E-state index in [1.807, 2.05) is 4.90 Å². The van der Waals surface area contributed by atoms with E-state index in [0.717, 1.165) is 25.8 Å². The van der Waals surface area contributed by atoms with Crippen LogP contribution < -0.4 is 0 Å². The number of likely N-dealkylation sites (tertiary alicyclic amines) is 1. The van der Waals surface area contributed by atoms with E-state index in [-0.39, 0.29) is 11.9 Å². The Morgan fingerprint density at radius 2 is 2.20 bits per heavy atom. The van der Waals surface area contributed by atoms with Crippen LogP contribution in [-0.4, -0.2) is 34.6 Å². The lowest BCUT2D eigenvalue weighted by Crippen LogP contribution is -2.45.